The van der Waals surface area contributed by atoms with Crippen LogP contribution in [0.4, 0.5) is 0 Å². The summed E-state index contributed by atoms with van der Waals surface area (Å²) in [6.07, 6.45) is 6.42. The summed E-state index contributed by atoms with van der Waals surface area (Å²) in [5.74, 6) is 1.26. The SMILES string of the molecule is Cc1cnc2c(c1)nc(CCl)n2CCc1cccnc1. The number of fused-ring (bicyclic) bond motifs is 1. The van der Waals surface area contributed by atoms with Crippen LogP contribution < -0.4 is 0 Å². The van der Waals surface area contributed by atoms with E-state index in [2.05, 4.69) is 25.6 Å². The number of nitrogens with zero attached hydrogens (tertiary/aromatic N) is 4. The molecule has 0 fully saturated rings. The number of hydrogen-bond acceptors (Lipinski definition) is 3. The van der Waals surface area contributed by atoms with Crippen LogP contribution in [0.3, 0.4) is 0 Å². The van der Waals surface area contributed by atoms with Gasteiger partial charge in [0, 0.05) is 25.1 Å². The molecule has 0 aliphatic rings. The molecule has 0 saturated heterocycles. The highest BCUT2D eigenvalue weighted by atomic mass is 35.5. The summed E-state index contributed by atoms with van der Waals surface area (Å²) in [6, 6.07) is 6.06. The average molecular weight is 287 g/mol. The molecule has 0 N–H and O–H groups in total. The lowest BCUT2D eigenvalue weighted by Crippen LogP contribution is -2.06. The predicted molar refractivity (Wildman–Crippen MR) is 79.8 cm³/mol. The molecule has 102 valence electrons. The molecule has 5 heteroatoms. The van der Waals surface area contributed by atoms with E-state index in [1.807, 2.05) is 31.5 Å². The van der Waals surface area contributed by atoms with Crippen LogP contribution in [0, 0.1) is 6.92 Å². The van der Waals surface area contributed by atoms with Gasteiger partial charge in [-0.25, -0.2) is 9.97 Å². The van der Waals surface area contributed by atoms with E-state index in [1.54, 1.807) is 6.20 Å². The van der Waals surface area contributed by atoms with E-state index < -0.39 is 0 Å². The first-order valence-electron chi connectivity index (χ1n) is 6.54. The second-order valence-electron chi connectivity index (χ2n) is 4.78. The Morgan fingerprint density at radius 2 is 2.20 bits per heavy atom. The second-order valence-corrected chi connectivity index (χ2v) is 5.05. The van der Waals surface area contributed by atoms with Crippen LogP contribution in [0.1, 0.15) is 17.0 Å². The number of aryl methyl sites for hydroxylation is 3. The molecule has 3 aromatic rings. The van der Waals surface area contributed by atoms with Crippen LogP contribution in [0.25, 0.3) is 11.2 Å². The number of alkyl halides is 1. The van der Waals surface area contributed by atoms with Crippen molar-refractivity contribution in [2.45, 2.75) is 25.8 Å². The lowest BCUT2D eigenvalue weighted by molar-refractivity contribution is 0.681. The standard InChI is InChI=1S/C15H15ClN4/c1-11-7-13-15(18-9-11)20(14(8-16)19-13)6-4-12-3-2-5-17-10-12/h2-3,5,7,9-10H,4,6,8H2,1H3. The van der Waals surface area contributed by atoms with Gasteiger partial charge in [0.25, 0.3) is 0 Å². The molecule has 4 nitrogen and oxygen atoms in total. The van der Waals surface area contributed by atoms with Crippen molar-refractivity contribution in [3.05, 3.63) is 53.7 Å². The van der Waals surface area contributed by atoms with Crippen molar-refractivity contribution in [3.63, 3.8) is 0 Å². The molecule has 20 heavy (non-hydrogen) atoms. The van der Waals surface area contributed by atoms with Gasteiger partial charge in [-0.1, -0.05) is 6.07 Å². The smallest absolute Gasteiger partial charge is 0.160 e. The molecule has 0 spiro atoms. The van der Waals surface area contributed by atoms with Crippen molar-refractivity contribution in [1.82, 2.24) is 19.5 Å². The maximum atomic E-state index is 6.00. The quantitative estimate of drug-likeness (QED) is 0.692. The summed E-state index contributed by atoms with van der Waals surface area (Å²) < 4.78 is 2.09. The Hall–Kier alpha value is -1.94. The van der Waals surface area contributed by atoms with Crippen LogP contribution in [-0.2, 0) is 18.8 Å². The van der Waals surface area contributed by atoms with Crippen molar-refractivity contribution in [2.24, 2.45) is 0 Å². The fraction of sp³-hybridized carbons (Fsp3) is 0.267. The lowest BCUT2D eigenvalue weighted by atomic mass is 10.2. The number of hydrogen-bond donors (Lipinski definition) is 0. The summed E-state index contributed by atoms with van der Waals surface area (Å²) in [5, 5.41) is 0. The molecule has 0 saturated carbocycles. The summed E-state index contributed by atoms with van der Waals surface area (Å²) in [4.78, 5) is 13.2. The molecule has 0 aliphatic heterocycles. The summed E-state index contributed by atoms with van der Waals surface area (Å²) >= 11 is 6.00. The van der Waals surface area contributed by atoms with Gasteiger partial charge < -0.3 is 4.57 Å². The Morgan fingerprint density at radius 1 is 1.30 bits per heavy atom. The fourth-order valence-corrected chi connectivity index (χ4v) is 2.49. The van der Waals surface area contributed by atoms with Gasteiger partial charge in [0.05, 0.1) is 5.88 Å². The summed E-state index contributed by atoms with van der Waals surface area (Å²) in [7, 11) is 0. The van der Waals surface area contributed by atoms with Gasteiger partial charge in [-0.2, -0.15) is 0 Å². The molecule has 0 aliphatic carbocycles. The van der Waals surface area contributed by atoms with Crippen molar-refractivity contribution in [3.8, 4) is 0 Å². The molecular weight excluding hydrogens is 272 g/mol. The molecule has 3 aromatic heterocycles. The number of halogens is 1. The molecule has 0 aromatic carbocycles. The average Bonchev–Trinajstić information content (AvgIpc) is 2.83. The minimum Gasteiger partial charge on any atom is -0.311 e. The van der Waals surface area contributed by atoms with Gasteiger partial charge in [0.1, 0.15) is 11.3 Å². The summed E-state index contributed by atoms with van der Waals surface area (Å²) in [6.45, 7) is 2.82. The molecular formula is C15H15ClN4. The number of rotatable bonds is 4. The Kier molecular flexibility index (Phi) is 3.65. The predicted octanol–water partition coefficient (Wildman–Crippen LogP) is 3.12. The van der Waals surface area contributed by atoms with Crippen LogP contribution >= 0.6 is 11.6 Å². The highest BCUT2D eigenvalue weighted by Crippen LogP contribution is 2.17. The van der Waals surface area contributed by atoms with E-state index in [9.17, 15) is 0 Å². The van der Waals surface area contributed by atoms with Crippen molar-refractivity contribution in [2.75, 3.05) is 0 Å². The Bertz CT molecular complexity index is 721. The van der Waals surface area contributed by atoms with Crippen molar-refractivity contribution >= 4 is 22.8 Å². The maximum Gasteiger partial charge on any atom is 0.160 e. The first-order valence-corrected chi connectivity index (χ1v) is 7.08. The highest BCUT2D eigenvalue weighted by Gasteiger charge is 2.11. The third-order valence-electron chi connectivity index (χ3n) is 3.27. The topological polar surface area (TPSA) is 43.6 Å². The fourth-order valence-electron chi connectivity index (χ4n) is 2.28. The zero-order chi connectivity index (χ0) is 13.9. The minimum atomic E-state index is 0.391. The van der Waals surface area contributed by atoms with Crippen molar-refractivity contribution < 1.29 is 0 Å². The van der Waals surface area contributed by atoms with E-state index >= 15 is 0 Å². The maximum absolute atomic E-state index is 6.00. The highest BCUT2D eigenvalue weighted by molar-refractivity contribution is 6.16. The normalized spacial score (nSPS) is 11.1. The van der Waals surface area contributed by atoms with E-state index in [-0.39, 0.29) is 0 Å². The van der Waals surface area contributed by atoms with E-state index in [0.29, 0.717) is 5.88 Å². The van der Waals surface area contributed by atoms with Gasteiger partial charge in [-0.3, -0.25) is 4.98 Å². The molecule has 0 amide bonds. The molecule has 0 atom stereocenters. The molecule has 0 bridgehead atoms. The third kappa shape index (κ3) is 2.51. The van der Waals surface area contributed by atoms with Gasteiger partial charge in [0.15, 0.2) is 5.65 Å². The van der Waals surface area contributed by atoms with Gasteiger partial charge >= 0.3 is 0 Å². The number of aromatic nitrogens is 4. The van der Waals surface area contributed by atoms with E-state index in [4.69, 9.17) is 11.6 Å². The zero-order valence-corrected chi connectivity index (χ0v) is 12.0. The lowest BCUT2D eigenvalue weighted by Gasteiger charge is -2.07. The zero-order valence-electron chi connectivity index (χ0n) is 11.3. The van der Waals surface area contributed by atoms with E-state index in [0.717, 1.165) is 35.5 Å². The van der Waals surface area contributed by atoms with E-state index in [1.165, 1.54) is 5.56 Å². The Labute approximate surface area is 122 Å². The Morgan fingerprint density at radius 3 is 2.95 bits per heavy atom. The van der Waals surface area contributed by atoms with Crippen LogP contribution in [0.2, 0.25) is 0 Å². The number of pyridine rings is 2. The molecule has 0 radical (unpaired) electrons. The molecule has 3 rings (SSSR count). The first kappa shape index (κ1) is 13.1. The Balaban J connectivity index is 1.93. The van der Waals surface area contributed by atoms with Crippen molar-refractivity contribution in [1.29, 1.82) is 0 Å². The molecule has 3 heterocycles. The number of imidazole rings is 1. The van der Waals surface area contributed by atoms with Crippen LogP contribution in [0.15, 0.2) is 36.8 Å². The largest absolute Gasteiger partial charge is 0.311 e. The third-order valence-corrected chi connectivity index (χ3v) is 3.51. The first-order chi connectivity index (χ1) is 9.78. The summed E-state index contributed by atoms with van der Waals surface area (Å²) in [5.41, 5.74) is 4.11. The van der Waals surface area contributed by atoms with Crippen LogP contribution in [0.5, 0.6) is 0 Å². The minimum absolute atomic E-state index is 0.391. The second kappa shape index (κ2) is 5.59. The monoisotopic (exact) mass is 286 g/mol. The molecule has 0 unspecified atom stereocenters. The van der Waals surface area contributed by atoms with Gasteiger partial charge in [-0.05, 0) is 36.6 Å². The van der Waals surface area contributed by atoms with Gasteiger partial charge in [-0.15, -0.1) is 11.6 Å². The van der Waals surface area contributed by atoms with Crippen LogP contribution in [-0.4, -0.2) is 19.5 Å². The van der Waals surface area contributed by atoms with Gasteiger partial charge in [0.2, 0.25) is 0 Å².